The van der Waals surface area contributed by atoms with Crippen LogP contribution in [0.2, 0.25) is 0 Å². The number of anilines is 1. The molecule has 3 aromatic heterocycles. The van der Waals surface area contributed by atoms with Crippen molar-refractivity contribution >= 4 is 28.5 Å². The zero-order valence-electron chi connectivity index (χ0n) is 20.9. The highest BCUT2D eigenvalue weighted by Crippen LogP contribution is 2.28. The molecule has 8 nitrogen and oxygen atoms in total. The van der Waals surface area contributed by atoms with Gasteiger partial charge in [0.25, 0.3) is 11.8 Å². The molecule has 0 saturated carbocycles. The Balaban J connectivity index is 1.41. The fraction of sp³-hybridized carbons (Fsp3) is 0.172. The van der Waals surface area contributed by atoms with Crippen LogP contribution in [0.5, 0.6) is 0 Å². The maximum Gasteiger partial charge on any atom is 0.291 e. The van der Waals surface area contributed by atoms with Crippen molar-refractivity contribution in [3.63, 3.8) is 0 Å². The summed E-state index contributed by atoms with van der Waals surface area (Å²) in [6.07, 6.45) is 3.15. The number of hydrogen-bond donors (Lipinski definition) is 2. The predicted molar refractivity (Wildman–Crippen MR) is 142 cm³/mol. The van der Waals surface area contributed by atoms with Crippen LogP contribution in [0.25, 0.3) is 22.3 Å². The highest BCUT2D eigenvalue weighted by molar-refractivity contribution is 6.06. The van der Waals surface area contributed by atoms with E-state index in [1.54, 1.807) is 24.4 Å². The summed E-state index contributed by atoms with van der Waals surface area (Å²) in [5.41, 5.74) is 5.40. The van der Waals surface area contributed by atoms with Crippen LogP contribution in [0.1, 0.15) is 51.9 Å². The number of nitrogens with one attached hydrogen (secondary N) is 2. The van der Waals surface area contributed by atoms with Crippen LogP contribution in [0.15, 0.2) is 83.6 Å². The number of furan rings is 1. The number of carbonyl (C=O) groups is 2. The van der Waals surface area contributed by atoms with Crippen LogP contribution < -0.4 is 10.6 Å². The molecular formula is C29H27N5O3. The van der Waals surface area contributed by atoms with E-state index in [4.69, 9.17) is 9.40 Å². The van der Waals surface area contributed by atoms with E-state index >= 15 is 0 Å². The molecule has 0 radical (unpaired) electrons. The van der Waals surface area contributed by atoms with Crippen LogP contribution in [0.4, 0.5) is 5.69 Å². The molecule has 0 bridgehead atoms. The number of amides is 2. The third-order valence-electron chi connectivity index (χ3n) is 6.10. The molecule has 3 heterocycles. The second-order valence-electron chi connectivity index (χ2n) is 9.10. The molecule has 2 aromatic carbocycles. The average Bonchev–Trinajstić information content (AvgIpc) is 3.58. The molecule has 0 aliphatic rings. The zero-order valence-corrected chi connectivity index (χ0v) is 20.9. The van der Waals surface area contributed by atoms with Crippen LogP contribution in [-0.2, 0) is 6.54 Å². The smallest absolute Gasteiger partial charge is 0.291 e. The summed E-state index contributed by atoms with van der Waals surface area (Å²) in [6, 6.07) is 20.5. The topological polar surface area (TPSA) is 102 Å². The van der Waals surface area contributed by atoms with Gasteiger partial charge in [0.1, 0.15) is 0 Å². The van der Waals surface area contributed by atoms with E-state index < -0.39 is 0 Å². The minimum absolute atomic E-state index is 0.0900. The van der Waals surface area contributed by atoms with E-state index in [1.165, 1.54) is 6.26 Å². The SMILES string of the molecule is Cc1ccccc1-c1cc(C(=O)NCc2cccc(NC(=O)c3ccco3)c2)c2cnn(C(C)C)c2n1. The molecule has 0 aliphatic heterocycles. The van der Waals surface area contributed by atoms with Crippen LogP contribution in [-0.4, -0.2) is 26.6 Å². The van der Waals surface area contributed by atoms with E-state index in [0.717, 1.165) is 22.4 Å². The molecule has 0 spiro atoms. The quantitative estimate of drug-likeness (QED) is 0.300. The Labute approximate surface area is 214 Å². The number of aryl methyl sites for hydroxylation is 1. The standard InChI is InChI=1S/C29H27N5O3/c1-18(2)34-27-24(17-31-34)23(15-25(33-27)22-11-5-4-8-19(22)3)28(35)30-16-20-9-6-10-21(14-20)32-29(36)26-12-7-13-37-26/h4-15,17-18H,16H2,1-3H3,(H,30,35)(H,32,36). The lowest BCUT2D eigenvalue weighted by Gasteiger charge is -2.12. The number of rotatable bonds is 7. The van der Waals surface area contributed by atoms with E-state index in [1.807, 2.05) is 74.0 Å². The summed E-state index contributed by atoms with van der Waals surface area (Å²) in [7, 11) is 0. The highest BCUT2D eigenvalue weighted by Gasteiger charge is 2.19. The number of benzene rings is 2. The summed E-state index contributed by atoms with van der Waals surface area (Å²) >= 11 is 0. The minimum atomic E-state index is -0.337. The lowest BCUT2D eigenvalue weighted by Crippen LogP contribution is -2.23. The van der Waals surface area contributed by atoms with Crippen molar-refractivity contribution in [1.29, 1.82) is 0 Å². The molecule has 0 saturated heterocycles. The Morgan fingerprint density at radius 2 is 1.84 bits per heavy atom. The lowest BCUT2D eigenvalue weighted by atomic mass is 10.0. The van der Waals surface area contributed by atoms with Gasteiger partial charge in [0, 0.05) is 23.8 Å². The second kappa shape index (κ2) is 10.1. The molecule has 186 valence electrons. The molecular weight excluding hydrogens is 466 g/mol. The van der Waals surface area contributed by atoms with Gasteiger partial charge in [0.15, 0.2) is 11.4 Å². The van der Waals surface area contributed by atoms with Crippen molar-refractivity contribution in [3.05, 3.63) is 102 Å². The number of fused-ring (bicyclic) bond motifs is 1. The Bertz CT molecular complexity index is 1580. The van der Waals surface area contributed by atoms with Gasteiger partial charge in [-0.2, -0.15) is 5.10 Å². The molecule has 2 amide bonds. The Morgan fingerprint density at radius 1 is 1.00 bits per heavy atom. The van der Waals surface area contributed by atoms with Gasteiger partial charge < -0.3 is 15.1 Å². The monoisotopic (exact) mass is 493 g/mol. The summed E-state index contributed by atoms with van der Waals surface area (Å²) in [5, 5.41) is 11.0. The molecule has 8 heteroatoms. The summed E-state index contributed by atoms with van der Waals surface area (Å²) < 4.78 is 6.98. The van der Waals surface area contributed by atoms with Gasteiger partial charge in [-0.05, 0) is 62.2 Å². The van der Waals surface area contributed by atoms with Gasteiger partial charge in [0.05, 0.1) is 29.1 Å². The van der Waals surface area contributed by atoms with Crippen LogP contribution in [0.3, 0.4) is 0 Å². The van der Waals surface area contributed by atoms with Crippen molar-refractivity contribution in [3.8, 4) is 11.3 Å². The van der Waals surface area contributed by atoms with Gasteiger partial charge >= 0.3 is 0 Å². The van der Waals surface area contributed by atoms with Crippen molar-refractivity contribution in [2.45, 2.75) is 33.4 Å². The fourth-order valence-electron chi connectivity index (χ4n) is 4.22. The van der Waals surface area contributed by atoms with Gasteiger partial charge in [-0.25, -0.2) is 9.67 Å². The van der Waals surface area contributed by atoms with E-state index in [9.17, 15) is 9.59 Å². The summed E-state index contributed by atoms with van der Waals surface area (Å²) in [5.74, 6) is -0.335. The third-order valence-corrected chi connectivity index (χ3v) is 6.10. The van der Waals surface area contributed by atoms with E-state index in [2.05, 4.69) is 15.7 Å². The largest absolute Gasteiger partial charge is 0.459 e. The number of hydrogen-bond acceptors (Lipinski definition) is 5. The Morgan fingerprint density at radius 3 is 2.59 bits per heavy atom. The van der Waals surface area contributed by atoms with E-state index in [0.29, 0.717) is 22.3 Å². The number of nitrogens with zero attached hydrogens (tertiary/aromatic N) is 3. The second-order valence-corrected chi connectivity index (χ2v) is 9.10. The molecule has 0 aliphatic carbocycles. The Kier molecular flexibility index (Phi) is 6.55. The first-order chi connectivity index (χ1) is 17.9. The molecule has 5 rings (SSSR count). The van der Waals surface area contributed by atoms with E-state index in [-0.39, 0.29) is 30.2 Å². The molecule has 0 fully saturated rings. The number of carbonyl (C=O) groups excluding carboxylic acids is 2. The molecule has 5 aromatic rings. The maximum atomic E-state index is 13.4. The lowest BCUT2D eigenvalue weighted by molar-refractivity contribution is 0.0951. The van der Waals surface area contributed by atoms with Crippen LogP contribution >= 0.6 is 0 Å². The Hall–Kier alpha value is -4.72. The first-order valence-electron chi connectivity index (χ1n) is 12.1. The highest BCUT2D eigenvalue weighted by atomic mass is 16.3. The fourth-order valence-corrected chi connectivity index (χ4v) is 4.22. The van der Waals surface area contributed by atoms with Gasteiger partial charge in [-0.15, -0.1) is 0 Å². The van der Waals surface area contributed by atoms with Crippen molar-refractivity contribution in [1.82, 2.24) is 20.1 Å². The van der Waals surface area contributed by atoms with Crippen molar-refractivity contribution in [2.24, 2.45) is 0 Å². The molecule has 0 unspecified atom stereocenters. The summed E-state index contributed by atoms with van der Waals surface area (Å²) in [4.78, 5) is 30.6. The minimum Gasteiger partial charge on any atom is -0.459 e. The first kappa shape index (κ1) is 24.0. The first-order valence-corrected chi connectivity index (χ1v) is 12.1. The molecule has 2 N–H and O–H groups in total. The van der Waals surface area contributed by atoms with Crippen LogP contribution in [0, 0.1) is 6.92 Å². The normalized spacial score (nSPS) is 11.1. The average molecular weight is 494 g/mol. The van der Waals surface area contributed by atoms with Gasteiger partial charge in [-0.1, -0.05) is 36.4 Å². The molecule has 0 atom stereocenters. The third kappa shape index (κ3) is 4.99. The van der Waals surface area contributed by atoms with Crippen molar-refractivity contribution in [2.75, 3.05) is 5.32 Å². The number of pyridine rings is 1. The predicted octanol–water partition coefficient (Wildman–Crippen LogP) is 5.76. The maximum absolute atomic E-state index is 13.4. The zero-order chi connectivity index (χ0) is 25.9. The molecule has 37 heavy (non-hydrogen) atoms. The van der Waals surface area contributed by atoms with Crippen molar-refractivity contribution < 1.29 is 14.0 Å². The number of aromatic nitrogens is 3. The summed E-state index contributed by atoms with van der Waals surface area (Å²) in [6.45, 7) is 6.38. The van der Waals surface area contributed by atoms with Gasteiger partial charge in [0.2, 0.25) is 0 Å². The van der Waals surface area contributed by atoms with Gasteiger partial charge in [-0.3, -0.25) is 9.59 Å².